The first kappa shape index (κ1) is 24.5. The lowest BCUT2D eigenvalue weighted by Gasteiger charge is -2.18. The lowest BCUT2D eigenvalue weighted by atomic mass is 10.1. The Hall–Kier alpha value is -1.51. The van der Waals surface area contributed by atoms with Crippen LogP contribution in [-0.4, -0.2) is 30.5 Å². The second kappa shape index (κ2) is 16.4. The molecule has 0 unspecified atom stereocenters. The summed E-state index contributed by atoms with van der Waals surface area (Å²) >= 11 is 0. The molecule has 0 aliphatic rings. The Bertz CT molecular complexity index is 494. The second-order valence-corrected chi connectivity index (χ2v) is 7.74. The Balaban J connectivity index is 2.02. The number of amides is 1. The minimum absolute atomic E-state index is 0.0949. The van der Waals surface area contributed by atoms with Crippen LogP contribution in [0.25, 0.3) is 0 Å². The Morgan fingerprint density at radius 1 is 0.714 bits per heavy atom. The molecule has 1 amide bonds. The molecule has 28 heavy (non-hydrogen) atoms. The van der Waals surface area contributed by atoms with Crippen molar-refractivity contribution in [3.63, 3.8) is 0 Å². The van der Waals surface area contributed by atoms with Crippen LogP contribution in [0.3, 0.4) is 0 Å². The average molecular weight is 390 g/mol. The second-order valence-electron chi connectivity index (χ2n) is 7.74. The van der Waals surface area contributed by atoms with Gasteiger partial charge in [0.2, 0.25) is 0 Å². The maximum absolute atomic E-state index is 12.3. The molecule has 0 aromatic heterocycles. The molecule has 0 atom stereocenters. The van der Waals surface area contributed by atoms with E-state index in [1.54, 1.807) is 0 Å². The fraction of sp³-hybridized carbons (Fsp3) is 0.720. The minimum Gasteiger partial charge on any atom is -0.494 e. The SMILES string of the molecule is CCCCCCCCCCCCCCOc1ccc(C(=O)N(CC)CC)cc1. The molecule has 0 fully saturated rings. The van der Waals surface area contributed by atoms with Gasteiger partial charge < -0.3 is 9.64 Å². The molecule has 0 saturated carbocycles. The van der Waals surface area contributed by atoms with E-state index in [1.807, 2.05) is 43.0 Å². The Morgan fingerprint density at radius 2 is 1.18 bits per heavy atom. The van der Waals surface area contributed by atoms with Crippen LogP contribution in [0.4, 0.5) is 0 Å². The van der Waals surface area contributed by atoms with Crippen molar-refractivity contribution in [2.45, 2.75) is 97.8 Å². The number of carbonyl (C=O) groups is 1. The summed E-state index contributed by atoms with van der Waals surface area (Å²) in [5, 5.41) is 0. The quantitative estimate of drug-likeness (QED) is 0.263. The van der Waals surface area contributed by atoms with Crippen molar-refractivity contribution in [1.82, 2.24) is 4.90 Å². The summed E-state index contributed by atoms with van der Waals surface area (Å²) in [6, 6.07) is 7.57. The van der Waals surface area contributed by atoms with Crippen molar-refractivity contribution in [2.75, 3.05) is 19.7 Å². The van der Waals surface area contributed by atoms with E-state index in [2.05, 4.69) is 6.92 Å². The van der Waals surface area contributed by atoms with E-state index in [0.29, 0.717) is 0 Å². The van der Waals surface area contributed by atoms with Crippen molar-refractivity contribution >= 4 is 5.91 Å². The third-order valence-electron chi connectivity index (χ3n) is 5.42. The summed E-state index contributed by atoms with van der Waals surface area (Å²) in [7, 11) is 0. The maximum Gasteiger partial charge on any atom is 0.253 e. The fourth-order valence-electron chi connectivity index (χ4n) is 3.52. The van der Waals surface area contributed by atoms with Gasteiger partial charge in [-0.15, -0.1) is 0 Å². The van der Waals surface area contributed by atoms with Crippen LogP contribution in [0, 0.1) is 0 Å². The number of unbranched alkanes of at least 4 members (excludes halogenated alkanes) is 11. The smallest absolute Gasteiger partial charge is 0.253 e. The molecule has 3 heteroatoms. The third-order valence-corrected chi connectivity index (χ3v) is 5.42. The summed E-state index contributed by atoms with van der Waals surface area (Å²) < 4.78 is 5.82. The molecule has 0 aliphatic carbocycles. The van der Waals surface area contributed by atoms with Crippen molar-refractivity contribution in [3.8, 4) is 5.75 Å². The van der Waals surface area contributed by atoms with Gasteiger partial charge in [-0.3, -0.25) is 4.79 Å². The topological polar surface area (TPSA) is 29.5 Å². The van der Waals surface area contributed by atoms with Crippen LogP contribution in [0.5, 0.6) is 5.75 Å². The summed E-state index contributed by atoms with van der Waals surface area (Å²) in [6.07, 6.45) is 16.2. The molecule has 0 saturated heterocycles. The van der Waals surface area contributed by atoms with Gasteiger partial charge in [-0.25, -0.2) is 0 Å². The normalized spacial score (nSPS) is 10.8. The van der Waals surface area contributed by atoms with Crippen LogP contribution >= 0.6 is 0 Å². The summed E-state index contributed by atoms with van der Waals surface area (Å²) in [5.41, 5.74) is 0.737. The predicted molar refractivity (Wildman–Crippen MR) is 120 cm³/mol. The van der Waals surface area contributed by atoms with E-state index in [-0.39, 0.29) is 5.91 Å². The Morgan fingerprint density at radius 3 is 1.64 bits per heavy atom. The first-order valence-corrected chi connectivity index (χ1v) is 11.7. The molecule has 1 rings (SSSR count). The highest BCUT2D eigenvalue weighted by Gasteiger charge is 2.11. The standard InChI is InChI=1S/C25H43NO2/c1-4-7-8-9-10-11-12-13-14-15-16-17-22-28-24-20-18-23(19-21-24)25(27)26(5-2)6-3/h18-21H,4-17,22H2,1-3H3. The van der Waals surface area contributed by atoms with E-state index < -0.39 is 0 Å². The fourth-order valence-corrected chi connectivity index (χ4v) is 3.52. The van der Waals surface area contributed by atoms with Crippen LogP contribution in [-0.2, 0) is 0 Å². The molecule has 1 aromatic carbocycles. The van der Waals surface area contributed by atoms with Gasteiger partial charge in [0.1, 0.15) is 5.75 Å². The highest BCUT2D eigenvalue weighted by atomic mass is 16.5. The molecule has 0 N–H and O–H groups in total. The zero-order chi connectivity index (χ0) is 20.5. The molecular weight excluding hydrogens is 346 g/mol. The van der Waals surface area contributed by atoms with Crippen molar-refractivity contribution in [1.29, 1.82) is 0 Å². The first-order chi connectivity index (χ1) is 13.7. The van der Waals surface area contributed by atoms with E-state index in [4.69, 9.17) is 4.74 Å². The third kappa shape index (κ3) is 10.7. The number of nitrogens with zero attached hydrogens (tertiary/aromatic N) is 1. The largest absolute Gasteiger partial charge is 0.494 e. The molecule has 0 aliphatic heterocycles. The molecule has 0 radical (unpaired) electrons. The highest BCUT2D eigenvalue weighted by Crippen LogP contribution is 2.15. The molecule has 160 valence electrons. The molecule has 0 heterocycles. The lowest BCUT2D eigenvalue weighted by Crippen LogP contribution is -2.30. The number of benzene rings is 1. The molecule has 0 spiro atoms. The van der Waals surface area contributed by atoms with Crippen LogP contribution in [0.1, 0.15) is 108 Å². The van der Waals surface area contributed by atoms with Gasteiger partial charge in [0.05, 0.1) is 6.61 Å². The summed E-state index contributed by atoms with van der Waals surface area (Å²) in [6.45, 7) is 8.54. The van der Waals surface area contributed by atoms with Crippen molar-refractivity contribution < 1.29 is 9.53 Å². The Labute approximate surface area is 173 Å². The summed E-state index contributed by atoms with van der Waals surface area (Å²) in [5.74, 6) is 0.955. The van der Waals surface area contributed by atoms with Crippen LogP contribution in [0.15, 0.2) is 24.3 Å². The van der Waals surface area contributed by atoms with Gasteiger partial charge in [-0.1, -0.05) is 77.6 Å². The molecule has 0 bridgehead atoms. The van der Waals surface area contributed by atoms with Gasteiger partial charge in [0, 0.05) is 18.7 Å². The van der Waals surface area contributed by atoms with E-state index >= 15 is 0 Å². The van der Waals surface area contributed by atoms with Gasteiger partial charge in [-0.05, 0) is 44.5 Å². The monoisotopic (exact) mass is 389 g/mol. The number of carbonyl (C=O) groups excluding carboxylic acids is 1. The number of hydrogen-bond acceptors (Lipinski definition) is 2. The number of hydrogen-bond donors (Lipinski definition) is 0. The van der Waals surface area contributed by atoms with Crippen LogP contribution < -0.4 is 4.74 Å². The van der Waals surface area contributed by atoms with Gasteiger partial charge in [-0.2, -0.15) is 0 Å². The lowest BCUT2D eigenvalue weighted by molar-refractivity contribution is 0.0773. The highest BCUT2D eigenvalue weighted by molar-refractivity contribution is 5.94. The van der Waals surface area contributed by atoms with E-state index in [0.717, 1.165) is 37.4 Å². The first-order valence-electron chi connectivity index (χ1n) is 11.7. The molecule has 3 nitrogen and oxygen atoms in total. The Kier molecular flexibility index (Phi) is 14.4. The summed E-state index contributed by atoms with van der Waals surface area (Å²) in [4.78, 5) is 14.1. The number of ether oxygens (including phenoxy) is 1. The van der Waals surface area contributed by atoms with E-state index in [1.165, 1.54) is 70.6 Å². The number of rotatable bonds is 17. The van der Waals surface area contributed by atoms with Gasteiger partial charge >= 0.3 is 0 Å². The van der Waals surface area contributed by atoms with Crippen molar-refractivity contribution in [3.05, 3.63) is 29.8 Å². The van der Waals surface area contributed by atoms with Gasteiger partial charge in [0.25, 0.3) is 5.91 Å². The zero-order valence-corrected chi connectivity index (χ0v) is 18.7. The minimum atomic E-state index is 0.0949. The maximum atomic E-state index is 12.3. The molecular formula is C25H43NO2. The zero-order valence-electron chi connectivity index (χ0n) is 18.7. The van der Waals surface area contributed by atoms with Crippen molar-refractivity contribution in [2.24, 2.45) is 0 Å². The average Bonchev–Trinajstić information content (AvgIpc) is 2.72. The molecule has 1 aromatic rings. The van der Waals surface area contributed by atoms with Gasteiger partial charge in [0.15, 0.2) is 0 Å². The van der Waals surface area contributed by atoms with Crippen LogP contribution in [0.2, 0.25) is 0 Å². The van der Waals surface area contributed by atoms with E-state index in [9.17, 15) is 4.79 Å². The predicted octanol–water partition coefficient (Wildman–Crippen LogP) is 7.25.